The summed E-state index contributed by atoms with van der Waals surface area (Å²) in [4.78, 5) is 14.3. The van der Waals surface area contributed by atoms with Crippen molar-refractivity contribution in [1.82, 2.24) is 0 Å². The van der Waals surface area contributed by atoms with Gasteiger partial charge in [0.2, 0.25) is 0 Å². The van der Waals surface area contributed by atoms with Gasteiger partial charge in [0.05, 0.1) is 11.6 Å². The van der Waals surface area contributed by atoms with Crippen LogP contribution >= 0.6 is 0 Å². The Hall–Kier alpha value is -2.84. The minimum atomic E-state index is -1.65. The van der Waals surface area contributed by atoms with E-state index >= 15 is 0 Å². The van der Waals surface area contributed by atoms with E-state index in [9.17, 15) is 15.2 Å². The fraction of sp³-hybridized carbons (Fsp3) is 0.263. The van der Waals surface area contributed by atoms with Crippen LogP contribution < -0.4 is 9.64 Å². The predicted molar refractivity (Wildman–Crippen MR) is 89.8 cm³/mol. The number of amides is 1. The van der Waals surface area contributed by atoms with E-state index in [1.807, 2.05) is 18.2 Å². The van der Waals surface area contributed by atoms with E-state index in [1.54, 1.807) is 30.3 Å². The van der Waals surface area contributed by atoms with Gasteiger partial charge >= 0.3 is 0 Å². The Morgan fingerprint density at radius 3 is 2.75 bits per heavy atom. The summed E-state index contributed by atoms with van der Waals surface area (Å²) >= 11 is 0. The Kier molecular flexibility index (Phi) is 4.24. The van der Waals surface area contributed by atoms with E-state index < -0.39 is 11.5 Å². The zero-order valence-corrected chi connectivity index (χ0v) is 13.4. The van der Waals surface area contributed by atoms with Gasteiger partial charge in [-0.1, -0.05) is 24.3 Å². The van der Waals surface area contributed by atoms with Crippen LogP contribution in [0.5, 0.6) is 5.75 Å². The number of aliphatic hydroxyl groups is 1. The van der Waals surface area contributed by atoms with Crippen LogP contribution in [0.25, 0.3) is 0 Å². The average Bonchev–Trinajstić information content (AvgIpc) is 3.04. The molecule has 1 atom stereocenters. The van der Waals surface area contributed by atoms with Gasteiger partial charge in [0.1, 0.15) is 12.4 Å². The fourth-order valence-corrected chi connectivity index (χ4v) is 2.84. The molecule has 0 aromatic heterocycles. The van der Waals surface area contributed by atoms with E-state index in [2.05, 4.69) is 6.07 Å². The maximum absolute atomic E-state index is 12.8. The van der Waals surface area contributed by atoms with Gasteiger partial charge in [-0.3, -0.25) is 4.79 Å². The molecule has 2 aromatic carbocycles. The summed E-state index contributed by atoms with van der Waals surface area (Å²) in [6, 6.07) is 16.5. The molecular formula is C19H18N2O3. The molecule has 0 fully saturated rings. The topological polar surface area (TPSA) is 73.6 Å². The van der Waals surface area contributed by atoms with Crippen molar-refractivity contribution in [1.29, 1.82) is 5.26 Å². The molecule has 0 saturated carbocycles. The van der Waals surface area contributed by atoms with Crippen LogP contribution in [-0.4, -0.2) is 29.8 Å². The normalized spacial score (nSPS) is 15.3. The lowest BCUT2D eigenvalue weighted by Crippen LogP contribution is -2.50. The van der Waals surface area contributed by atoms with Crippen LogP contribution in [-0.2, 0) is 11.2 Å². The third kappa shape index (κ3) is 2.97. The molecule has 1 heterocycles. The minimum Gasteiger partial charge on any atom is -0.490 e. The molecule has 5 nitrogen and oxygen atoms in total. The first-order chi connectivity index (χ1) is 11.5. The van der Waals surface area contributed by atoms with Gasteiger partial charge in [-0.25, -0.2) is 0 Å². The third-order valence-corrected chi connectivity index (χ3v) is 4.12. The molecule has 0 saturated heterocycles. The summed E-state index contributed by atoms with van der Waals surface area (Å²) in [7, 11) is 0. The number of hydrogen-bond acceptors (Lipinski definition) is 4. The zero-order valence-electron chi connectivity index (χ0n) is 13.4. The molecule has 1 aliphatic heterocycles. The highest BCUT2D eigenvalue weighted by Crippen LogP contribution is 2.32. The molecule has 3 rings (SSSR count). The summed E-state index contributed by atoms with van der Waals surface area (Å²) in [5.74, 6) is 0.173. The molecule has 2 aromatic rings. The average molecular weight is 322 g/mol. The number of nitrogens with zero attached hydrogens (tertiary/aromatic N) is 2. The van der Waals surface area contributed by atoms with E-state index in [4.69, 9.17) is 4.74 Å². The highest BCUT2D eigenvalue weighted by atomic mass is 16.5. The molecule has 1 amide bonds. The van der Waals surface area contributed by atoms with E-state index in [-0.39, 0.29) is 6.61 Å². The second-order valence-corrected chi connectivity index (χ2v) is 6.00. The van der Waals surface area contributed by atoms with Gasteiger partial charge in [0.15, 0.2) is 5.60 Å². The van der Waals surface area contributed by atoms with Gasteiger partial charge in [-0.05, 0) is 43.2 Å². The quantitative estimate of drug-likeness (QED) is 0.937. The molecule has 122 valence electrons. The lowest BCUT2D eigenvalue weighted by molar-refractivity contribution is -0.137. The number of carbonyl (C=O) groups is 1. The van der Waals surface area contributed by atoms with Crippen molar-refractivity contribution in [2.24, 2.45) is 0 Å². The summed E-state index contributed by atoms with van der Waals surface area (Å²) in [5.41, 5.74) is 0.468. The standard InChI is InChI=1S/C19H18N2O3/c1-19(23,13-24-15-7-3-2-4-8-15)18(22)21-11-10-16-14(12-20)6-5-9-17(16)21/h2-9,23H,10-11,13H2,1H3/t19-/m0/s1. The van der Waals surface area contributed by atoms with Crippen LogP contribution in [0.2, 0.25) is 0 Å². The molecule has 24 heavy (non-hydrogen) atoms. The number of nitriles is 1. The largest absolute Gasteiger partial charge is 0.490 e. The molecule has 1 aliphatic rings. The lowest BCUT2D eigenvalue weighted by Gasteiger charge is -2.28. The second kappa shape index (κ2) is 6.34. The summed E-state index contributed by atoms with van der Waals surface area (Å²) < 4.78 is 5.53. The Labute approximate surface area is 140 Å². The lowest BCUT2D eigenvalue weighted by atomic mass is 10.0. The van der Waals surface area contributed by atoms with Crippen LogP contribution in [0, 0.1) is 11.3 Å². The van der Waals surface area contributed by atoms with Gasteiger partial charge in [-0.2, -0.15) is 5.26 Å². The Morgan fingerprint density at radius 1 is 1.29 bits per heavy atom. The van der Waals surface area contributed by atoms with Gasteiger partial charge < -0.3 is 14.7 Å². The first kappa shape index (κ1) is 16.0. The maximum atomic E-state index is 12.8. The number of rotatable bonds is 4. The second-order valence-electron chi connectivity index (χ2n) is 6.00. The number of fused-ring (bicyclic) bond motifs is 1. The monoisotopic (exact) mass is 322 g/mol. The van der Waals surface area contributed by atoms with E-state index in [0.29, 0.717) is 30.0 Å². The highest BCUT2D eigenvalue weighted by Gasteiger charge is 2.39. The van der Waals surface area contributed by atoms with Crippen LogP contribution in [0.15, 0.2) is 48.5 Å². The van der Waals surface area contributed by atoms with Crippen molar-refractivity contribution in [2.75, 3.05) is 18.1 Å². The number of hydrogen-bond donors (Lipinski definition) is 1. The zero-order chi connectivity index (χ0) is 17.2. The highest BCUT2D eigenvalue weighted by molar-refractivity contribution is 6.01. The van der Waals surface area contributed by atoms with Crippen LogP contribution in [0.3, 0.4) is 0 Å². The number of benzene rings is 2. The third-order valence-electron chi connectivity index (χ3n) is 4.12. The molecule has 0 aliphatic carbocycles. The number of ether oxygens (including phenoxy) is 1. The maximum Gasteiger partial charge on any atom is 0.262 e. The van der Waals surface area contributed by atoms with Crippen LogP contribution in [0.4, 0.5) is 5.69 Å². The first-order valence-electron chi connectivity index (χ1n) is 7.77. The van der Waals surface area contributed by atoms with Crippen LogP contribution in [0.1, 0.15) is 18.1 Å². The number of carbonyl (C=O) groups excluding carboxylic acids is 1. The molecule has 0 radical (unpaired) electrons. The molecule has 0 unspecified atom stereocenters. The molecule has 5 heteroatoms. The van der Waals surface area contributed by atoms with E-state index in [1.165, 1.54) is 11.8 Å². The van der Waals surface area contributed by atoms with Crippen molar-refractivity contribution < 1.29 is 14.6 Å². The van der Waals surface area contributed by atoms with Gasteiger partial charge in [0.25, 0.3) is 5.91 Å². The van der Waals surface area contributed by atoms with Crippen molar-refractivity contribution in [3.05, 3.63) is 59.7 Å². The summed E-state index contributed by atoms with van der Waals surface area (Å²) in [6.07, 6.45) is 0.612. The first-order valence-corrected chi connectivity index (χ1v) is 7.77. The minimum absolute atomic E-state index is 0.139. The summed E-state index contributed by atoms with van der Waals surface area (Å²) in [5, 5.41) is 19.7. The number of para-hydroxylation sites is 1. The van der Waals surface area contributed by atoms with E-state index in [0.717, 1.165) is 5.56 Å². The van der Waals surface area contributed by atoms with Gasteiger partial charge in [0, 0.05) is 12.2 Å². The smallest absolute Gasteiger partial charge is 0.262 e. The fourth-order valence-electron chi connectivity index (χ4n) is 2.84. The Balaban J connectivity index is 1.76. The Bertz CT molecular complexity index is 794. The summed E-state index contributed by atoms with van der Waals surface area (Å²) in [6.45, 7) is 1.76. The SMILES string of the molecule is C[C@](O)(COc1ccccc1)C(=O)N1CCc2c(C#N)cccc21. The van der Waals surface area contributed by atoms with Gasteiger partial charge in [-0.15, -0.1) is 0 Å². The molecular weight excluding hydrogens is 304 g/mol. The predicted octanol–water partition coefficient (Wildman–Crippen LogP) is 2.28. The molecule has 0 spiro atoms. The van der Waals surface area contributed by atoms with Crippen molar-refractivity contribution in [2.45, 2.75) is 18.9 Å². The van der Waals surface area contributed by atoms with Crippen molar-refractivity contribution >= 4 is 11.6 Å². The Morgan fingerprint density at radius 2 is 2.04 bits per heavy atom. The van der Waals surface area contributed by atoms with Crippen molar-refractivity contribution in [3.8, 4) is 11.8 Å². The van der Waals surface area contributed by atoms with Crippen molar-refractivity contribution in [3.63, 3.8) is 0 Å². The molecule has 1 N–H and O–H groups in total. The number of anilines is 1. The molecule has 0 bridgehead atoms.